The maximum absolute atomic E-state index is 14.6. The van der Waals surface area contributed by atoms with E-state index in [4.69, 9.17) is 22.9 Å². The zero-order chi connectivity index (χ0) is 69.0. The van der Waals surface area contributed by atoms with Crippen molar-refractivity contribution in [2.24, 2.45) is 34.8 Å². The summed E-state index contributed by atoms with van der Waals surface area (Å²) in [5.74, 6) is -11.6. The van der Waals surface area contributed by atoms with E-state index < -0.39 is 156 Å². The Bertz CT molecular complexity index is 2680. The number of carboxylic acid groups (broad SMARTS) is 1. The molecular weight excluding hydrogens is 1200 g/mol. The first-order chi connectivity index (χ1) is 43.6. The Morgan fingerprint density at radius 1 is 0.435 bits per heavy atom. The van der Waals surface area contributed by atoms with Crippen LogP contribution in [0.2, 0.25) is 0 Å². The molecule has 1 aromatic carbocycles. The fraction of sp³-hybridized carbons (Fsp3) is 0.650. The lowest BCUT2D eigenvalue weighted by Gasteiger charge is -2.30. The number of aromatic hydroxyl groups is 1. The number of hydrogen-bond acceptors (Lipinski definition) is 19. The lowest BCUT2D eigenvalue weighted by Crippen LogP contribution is -2.62. The van der Waals surface area contributed by atoms with Gasteiger partial charge in [-0.2, -0.15) is 0 Å². The third-order valence-corrected chi connectivity index (χ3v) is 14.8. The molecule has 0 fully saturated rings. The highest BCUT2D eigenvalue weighted by molar-refractivity contribution is 5.99. The summed E-state index contributed by atoms with van der Waals surface area (Å²) < 4.78 is 0. The van der Waals surface area contributed by atoms with E-state index in [2.05, 4.69) is 68.5 Å². The number of phenols is 1. The van der Waals surface area contributed by atoms with Crippen LogP contribution in [0, 0.1) is 11.8 Å². The van der Waals surface area contributed by atoms with Gasteiger partial charge in [-0.1, -0.05) is 39.8 Å². The molecular formula is C60H101N17O15. The quantitative estimate of drug-likeness (QED) is 0.0283. The second-order valence-corrected chi connectivity index (χ2v) is 23.4. The Hall–Kier alpha value is -8.33. The first-order valence-electron chi connectivity index (χ1n) is 31.3. The number of carboxylic acids is 1. The number of aliphatic hydroxyl groups is 1. The number of benzene rings is 1. The zero-order valence-electron chi connectivity index (χ0n) is 53.9. The molecule has 0 aliphatic rings. The molecule has 0 saturated heterocycles. The summed E-state index contributed by atoms with van der Waals surface area (Å²) in [5, 5.41) is 58.8. The second-order valence-electron chi connectivity index (χ2n) is 23.4. The minimum atomic E-state index is -1.76. The van der Waals surface area contributed by atoms with Crippen LogP contribution < -0.4 is 81.4 Å². The molecule has 92 heavy (non-hydrogen) atoms. The Morgan fingerprint density at radius 3 is 1.20 bits per heavy atom. The molecule has 0 unspecified atom stereocenters. The van der Waals surface area contributed by atoms with Gasteiger partial charge >= 0.3 is 5.97 Å². The number of aromatic amines is 1. The van der Waals surface area contributed by atoms with Crippen LogP contribution in [0.4, 0.5) is 0 Å². The maximum atomic E-state index is 14.6. The molecule has 11 atom stereocenters. The summed E-state index contributed by atoms with van der Waals surface area (Å²) in [6, 6.07) is -9.10. The molecule has 2 aromatic rings. The number of carbonyl (C=O) groups excluding carboxylic acids is 11. The van der Waals surface area contributed by atoms with E-state index in [1.54, 1.807) is 27.7 Å². The van der Waals surface area contributed by atoms with Gasteiger partial charge in [0.05, 0.1) is 12.9 Å². The van der Waals surface area contributed by atoms with Crippen LogP contribution in [0.1, 0.15) is 137 Å². The second kappa shape index (κ2) is 42.7. The fourth-order valence-electron chi connectivity index (χ4n) is 9.39. The number of imidazole rings is 1. The topological polar surface area (TPSA) is 531 Å². The molecule has 23 N–H and O–H groups in total. The predicted molar refractivity (Wildman–Crippen MR) is 338 cm³/mol. The van der Waals surface area contributed by atoms with Crippen LogP contribution >= 0.6 is 0 Å². The van der Waals surface area contributed by atoms with Crippen LogP contribution in [-0.4, -0.2) is 195 Å². The third-order valence-electron chi connectivity index (χ3n) is 14.8. The number of rotatable bonds is 45. The van der Waals surface area contributed by atoms with E-state index in [-0.39, 0.29) is 70.3 Å². The summed E-state index contributed by atoms with van der Waals surface area (Å²) in [4.78, 5) is 170. The molecule has 0 saturated carbocycles. The molecule has 0 aliphatic heterocycles. The van der Waals surface area contributed by atoms with Crippen molar-refractivity contribution in [3.63, 3.8) is 0 Å². The molecule has 32 nitrogen and oxygen atoms in total. The molecule has 2 rings (SSSR count). The summed E-state index contributed by atoms with van der Waals surface area (Å²) in [7, 11) is 0. The standard InChI is InChI=1S/C60H101N17O15/c1-33(2)48(58(89)71-43(18-10-14-26-63)52(83)72-44(60(91)92)19-11-15-27-64)77-59(90)49(34(3)4)76-57(88)47(31-78)75-56(87)46(29-39-30-65-32-66-39)74-54(85)42(17-9-13-25-62)70-55(86)45(28-38-20-22-40(80)23-21-38)73-53(84)41(16-8-12-24-61)69-51(82)36(6)68-50(81)35(5)67-37(7)79/h20-23,30,32-36,41-49,78,80H,8-19,24-29,31,61-64H2,1-7H3,(H,65,66)(H,67,79)(H,68,81)(H,69,82)(H,70,86)(H,71,89)(H,72,83)(H,73,84)(H,74,85)(H,75,87)(H,76,88)(H,77,90)(H,91,92)/t35-,36-,41-,42-,43-,44-,45-,46-,47-,48-,49-/m0/s1. The SMILES string of the molecule is CC(=O)N[C@@H](C)C(=O)N[C@@H](C)C(=O)N[C@@H](CCCCN)C(=O)N[C@@H](Cc1ccc(O)cc1)C(=O)N[C@@H](CCCCN)C(=O)N[C@@H](Cc1cnc[nH]1)C(=O)N[C@@H](CO)C(=O)N[C@H](C(=O)N[C@H](C(=O)N[C@@H](CCCCN)C(=O)N[C@@H](CCCCN)C(=O)O)C(C)C)C(C)C. The van der Waals surface area contributed by atoms with Crippen molar-refractivity contribution < 1.29 is 72.9 Å². The van der Waals surface area contributed by atoms with Gasteiger partial charge in [0.2, 0.25) is 65.0 Å². The van der Waals surface area contributed by atoms with E-state index >= 15 is 0 Å². The smallest absolute Gasteiger partial charge is 0.326 e. The van der Waals surface area contributed by atoms with E-state index in [1.165, 1.54) is 57.6 Å². The number of phenolic OH excluding ortho intramolecular Hbond substituents is 1. The summed E-state index contributed by atoms with van der Waals surface area (Å²) in [6.07, 6.45) is 5.62. The van der Waals surface area contributed by atoms with Gasteiger partial charge in [0.25, 0.3) is 0 Å². The number of aromatic nitrogens is 2. The average Bonchev–Trinajstić information content (AvgIpc) is 0.990. The monoisotopic (exact) mass is 1300 g/mol. The first-order valence-corrected chi connectivity index (χ1v) is 31.3. The van der Waals surface area contributed by atoms with E-state index in [9.17, 15) is 72.9 Å². The van der Waals surface area contributed by atoms with Crippen LogP contribution in [0.5, 0.6) is 5.75 Å². The van der Waals surface area contributed by atoms with Crippen molar-refractivity contribution in [3.05, 3.63) is 48.0 Å². The molecule has 0 spiro atoms. The average molecular weight is 1300 g/mol. The van der Waals surface area contributed by atoms with Gasteiger partial charge in [-0.15, -0.1) is 0 Å². The fourth-order valence-corrected chi connectivity index (χ4v) is 9.39. The molecule has 32 heteroatoms. The van der Waals surface area contributed by atoms with Gasteiger partial charge in [0, 0.05) is 31.7 Å². The minimum Gasteiger partial charge on any atom is -0.508 e. The molecule has 11 amide bonds. The minimum absolute atomic E-state index is 0.0410. The van der Waals surface area contributed by atoms with Gasteiger partial charge < -0.3 is 102 Å². The van der Waals surface area contributed by atoms with E-state index in [0.717, 1.165) is 0 Å². The van der Waals surface area contributed by atoms with Crippen molar-refractivity contribution in [1.82, 2.24) is 68.5 Å². The van der Waals surface area contributed by atoms with Crippen molar-refractivity contribution in [1.29, 1.82) is 0 Å². The number of unbranched alkanes of at least 4 members (excludes halogenated alkanes) is 4. The lowest BCUT2D eigenvalue weighted by molar-refractivity contribution is -0.142. The van der Waals surface area contributed by atoms with Crippen molar-refractivity contribution in [2.45, 2.75) is 205 Å². The molecule has 1 aromatic heterocycles. The van der Waals surface area contributed by atoms with Gasteiger partial charge in [-0.05, 0) is 147 Å². The Kier molecular flexibility index (Phi) is 37.0. The lowest BCUT2D eigenvalue weighted by atomic mass is 9.98. The van der Waals surface area contributed by atoms with E-state index in [0.29, 0.717) is 62.7 Å². The predicted octanol–water partition coefficient (Wildman–Crippen LogP) is -3.80. The summed E-state index contributed by atoms with van der Waals surface area (Å²) in [5.41, 5.74) is 23.6. The number of nitrogens with one attached hydrogen (secondary N) is 12. The summed E-state index contributed by atoms with van der Waals surface area (Å²) >= 11 is 0. The number of aliphatic carboxylic acids is 1. The molecule has 0 radical (unpaired) electrons. The number of nitrogens with zero attached hydrogens (tertiary/aromatic N) is 1. The number of amides is 11. The van der Waals surface area contributed by atoms with E-state index in [1.807, 2.05) is 0 Å². The summed E-state index contributed by atoms with van der Waals surface area (Å²) in [6.45, 7) is 10.5. The van der Waals surface area contributed by atoms with Crippen molar-refractivity contribution in [2.75, 3.05) is 32.8 Å². The number of nitrogens with two attached hydrogens (primary N) is 4. The maximum Gasteiger partial charge on any atom is 0.326 e. The number of hydrogen-bond donors (Lipinski definition) is 19. The van der Waals surface area contributed by atoms with Gasteiger partial charge in [-0.3, -0.25) is 52.7 Å². The third kappa shape index (κ3) is 29.3. The van der Waals surface area contributed by atoms with Crippen molar-refractivity contribution >= 4 is 70.9 Å². The van der Waals surface area contributed by atoms with Crippen LogP contribution in [-0.2, 0) is 70.4 Å². The van der Waals surface area contributed by atoms with Crippen LogP contribution in [0.25, 0.3) is 0 Å². The number of H-pyrrole nitrogens is 1. The highest BCUT2D eigenvalue weighted by Crippen LogP contribution is 2.15. The zero-order valence-corrected chi connectivity index (χ0v) is 53.9. The Morgan fingerprint density at radius 2 is 0.783 bits per heavy atom. The normalized spacial score (nSPS) is 14.8. The molecule has 0 bridgehead atoms. The molecule has 1 heterocycles. The highest BCUT2D eigenvalue weighted by Gasteiger charge is 2.37. The number of carbonyl (C=O) groups is 12. The van der Waals surface area contributed by atoms with Crippen molar-refractivity contribution in [3.8, 4) is 5.75 Å². The molecule has 516 valence electrons. The van der Waals surface area contributed by atoms with Crippen LogP contribution in [0.15, 0.2) is 36.8 Å². The molecule has 0 aliphatic carbocycles. The van der Waals surface area contributed by atoms with Gasteiger partial charge in [0.15, 0.2) is 0 Å². The highest BCUT2D eigenvalue weighted by atomic mass is 16.4. The Labute approximate surface area is 536 Å². The van der Waals surface area contributed by atoms with Gasteiger partial charge in [0.1, 0.15) is 72.2 Å². The van der Waals surface area contributed by atoms with Crippen LogP contribution in [0.3, 0.4) is 0 Å². The first kappa shape index (κ1) is 79.8. The Balaban J connectivity index is 2.46. The van der Waals surface area contributed by atoms with Gasteiger partial charge in [-0.25, -0.2) is 9.78 Å². The largest absolute Gasteiger partial charge is 0.508 e. The number of aliphatic hydroxyl groups excluding tert-OH is 1.